The number of carbonyl (C=O) groups is 1. The molecule has 0 aliphatic rings. The quantitative estimate of drug-likeness (QED) is 0.694. The van der Waals surface area contributed by atoms with Gasteiger partial charge in [-0.25, -0.2) is 9.97 Å². The molecule has 1 unspecified atom stereocenters. The summed E-state index contributed by atoms with van der Waals surface area (Å²) < 4.78 is 0. The van der Waals surface area contributed by atoms with Gasteiger partial charge in [-0.15, -0.1) is 0 Å². The maximum atomic E-state index is 12.6. The number of rotatable bonds is 8. The lowest BCUT2D eigenvalue weighted by Crippen LogP contribution is -2.25. The number of carbonyl (C=O) groups excluding carboxylic acids is 1. The normalized spacial score (nSPS) is 11.6. The summed E-state index contributed by atoms with van der Waals surface area (Å²) in [7, 11) is 0. The monoisotopic (exact) mass is 368 g/mol. The first-order chi connectivity index (χ1) is 12.6. The molecule has 0 aliphatic heterocycles. The number of unbranched alkanes of at least 4 members (excludes halogenated alkanes) is 1. The standard InChI is InChI=1S/C20H24N4OS/c1-4-6-7-16-9-8-15(13-21)20(23-16)26-17(5-2)19(25)24-18-12-14(3)10-11-22-18/h8-12,17H,4-7H2,1-3H3,(H,22,24,25). The van der Waals surface area contributed by atoms with Crippen LogP contribution in [0, 0.1) is 18.3 Å². The lowest BCUT2D eigenvalue weighted by Gasteiger charge is -2.15. The van der Waals surface area contributed by atoms with Crippen LogP contribution in [0.25, 0.3) is 0 Å². The average molecular weight is 369 g/mol. The van der Waals surface area contributed by atoms with Crippen molar-refractivity contribution in [3.8, 4) is 6.07 Å². The summed E-state index contributed by atoms with van der Waals surface area (Å²) >= 11 is 1.35. The molecule has 2 aromatic heterocycles. The topological polar surface area (TPSA) is 78.7 Å². The minimum absolute atomic E-state index is 0.125. The largest absolute Gasteiger partial charge is 0.310 e. The predicted octanol–water partition coefficient (Wildman–Crippen LogP) is 4.51. The molecule has 0 aromatic carbocycles. The summed E-state index contributed by atoms with van der Waals surface area (Å²) in [5.41, 5.74) is 2.51. The van der Waals surface area contributed by atoms with Crippen LogP contribution in [0.3, 0.4) is 0 Å². The van der Waals surface area contributed by atoms with Gasteiger partial charge in [0.05, 0.1) is 10.8 Å². The number of aromatic nitrogens is 2. The van der Waals surface area contributed by atoms with Crippen LogP contribution in [0.15, 0.2) is 35.5 Å². The molecule has 136 valence electrons. The second-order valence-electron chi connectivity index (χ2n) is 6.09. The van der Waals surface area contributed by atoms with Gasteiger partial charge in [-0.3, -0.25) is 4.79 Å². The number of pyridine rings is 2. The molecule has 1 amide bonds. The Morgan fingerprint density at radius 2 is 2.15 bits per heavy atom. The Morgan fingerprint density at radius 3 is 2.81 bits per heavy atom. The van der Waals surface area contributed by atoms with Crippen molar-refractivity contribution < 1.29 is 4.79 Å². The SMILES string of the molecule is CCCCc1ccc(C#N)c(SC(CC)C(=O)Nc2cc(C)ccn2)n1. The van der Waals surface area contributed by atoms with Gasteiger partial charge in [-0.2, -0.15) is 5.26 Å². The van der Waals surface area contributed by atoms with E-state index in [1.807, 2.05) is 32.0 Å². The molecule has 0 bridgehead atoms. The van der Waals surface area contributed by atoms with Gasteiger partial charge in [0.2, 0.25) is 5.91 Å². The second kappa shape index (κ2) is 9.93. The number of aryl methyl sites for hydroxylation is 2. The molecule has 0 spiro atoms. The van der Waals surface area contributed by atoms with Gasteiger partial charge in [-0.05, 0) is 56.0 Å². The van der Waals surface area contributed by atoms with Gasteiger partial charge in [0.1, 0.15) is 16.9 Å². The molecule has 0 saturated carbocycles. The predicted molar refractivity (Wildman–Crippen MR) is 105 cm³/mol. The summed E-state index contributed by atoms with van der Waals surface area (Å²) in [5.74, 6) is 0.416. The Hall–Kier alpha value is -2.39. The number of amides is 1. The van der Waals surface area contributed by atoms with Crippen molar-refractivity contribution in [1.82, 2.24) is 9.97 Å². The first-order valence-corrected chi connectivity index (χ1v) is 9.75. The van der Waals surface area contributed by atoms with Crippen molar-refractivity contribution >= 4 is 23.5 Å². The van der Waals surface area contributed by atoms with E-state index < -0.39 is 0 Å². The van der Waals surface area contributed by atoms with Crippen molar-refractivity contribution in [1.29, 1.82) is 5.26 Å². The third-order valence-corrected chi connectivity index (χ3v) is 5.28. The first kappa shape index (κ1) is 19.9. The van der Waals surface area contributed by atoms with E-state index in [1.165, 1.54) is 11.8 Å². The highest BCUT2D eigenvalue weighted by atomic mass is 32.2. The number of nitrogens with zero attached hydrogens (tertiary/aromatic N) is 3. The first-order valence-electron chi connectivity index (χ1n) is 8.87. The van der Waals surface area contributed by atoms with Gasteiger partial charge in [0, 0.05) is 11.9 Å². The maximum Gasteiger partial charge on any atom is 0.239 e. The van der Waals surface area contributed by atoms with E-state index in [0.29, 0.717) is 22.8 Å². The number of hydrogen-bond acceptors (Lipinski definition) is 5. The molecular formula is C20H24N4OS. The molecule has 2 aromatic rings. The molecular weight excluding hydrogens is 344 g/mol. The summed E-state index contributed by atoms with van der Waals surface area (Å²) in [5, 5.41) is 12.5. The number of nitrogens with one attached hydrogen (secondary N) is 1. The fraction of sp³-hybridized carbons (Fsp3) is 0.400. The minimum Gasteiger partial charge on any atom is -0.310 e. The van der Waals surface area contributed by atoms with E-state index in [4.69, 9.17) is 0 Å². The van der Waals surface area contributed by atoms with Gasteiger partial charge in [-0.1, -0.05) is 32.0 Å². The third-order valence-electron chi connectivity index (χ3n) is 3.91. The van der Waals surface area contributed by atoms with E-state index in [1.54, 1.807) is 12.3 Å². The molecule has 0 saturated heterocycles. The lowest BCUT2D eigenvalue weighted by molar-refractivity contribution is -0.115. The van der Waals surface area contributed by atoms with Crippen molar-refractivity contribution in [2.45, 2.75) is 56.7 Å². The van der Waals surface area contributed by atoms with E-state index >= 15 is 0 Å². The van der Waals surface area contributed by atoms with Gasteiger partial charge in [0.25, 0.3) is 0 Å². The van der Waals surface area contributed by atoms with Crippen molar-refractivity contribution in [2.24, 2.45) is 0 Å². The molecule has 1 atom stereocenters. The Labute approximate surface area is 159 Å². The van der Waals surface area contributed by atoms with Crippen molar-refractivity contribution in [3.63, 3.8) is 0 Å². The van der Waals surface area contributed by atoms with E-state index in [-0.39, 0.29) is 11.2 Å². The zero-order valence-electron chi connectivity index (χ0n) is 15.5. The van der Waals surface area contributed by atoms with Gasteiger partial charge < -0.3 is 5.32 Å². The number of anilines is 1. The third kappa shape index (κ3) is 5.57. The Kier molecular flexibility index (Phi) is 7.61. The molecule has 0 fully saturated rings. The Bertz CT molecular complexity index is 801. The fourth-order valence-corrected chi connectivity index (χ4v) is 3.43. The van der Waals surface area contributed by atoms with E-state index in [9.17, 15) is 10.1 Å². The summed E-state index contributed by atoms with van der Waals surface area (Å²) in [6.45, 7) is 6.04. The Morgan fingerprint density at radius 1 is 1.35 bits per heavy atom. The van der Waals surface area contributed by atoms with Gasteiger partial charge >= 0.3 is 0 Å². The number of hydrogen-bond donors (Lipinski definition) is 1. The molecule has 2 rings (SSSR count). The second-order valence-corrected chi connectivity index (χ2v) is 7.28. The van der Waals surface area contributed by atoms with Crippen LogP contribution in [0.5, 0.6) is 0 Å². The van der Waals surface area contributed by atoms with Crippen molar-refractivity contribution in [3.05, 3.63) is 47.3 Å². The molecule has 5 nitrogen and oxygen atoms in total. The zero-order valence-corrected chi connectivity index (χ0v) is 16.3. The average Bonchev–Trinajstić information content (AvgIpc) is 2.64. The number of thioether (sulfide) groups is 1. The van der Waals surface area contributed by atoms with E-state index in [2.05, 4.69) is 28.3 Å². The highest BCUT2D eigenvalue weighted by molar-refractivity contribution is 8.00. The smallest absolute Gasteiger partial charge is 0.239 e. The summed E-state index contributed by atoms with van der Waals surface area (Å²) in [6.07, 6.45) is 5.33. The molecule has 2 heterocycles. The molecule has 6 heteroatoms. The van der Waals surface area contributed by atoms with Crippen LogP contribution in [0.1, 0.15) is 49.9 Å². The summed E-state index contributed by atoms with van der Waals surface area (Å²) in [4.78, 5) is 21.4. The molecule has 26 heavy (non-hydrogen) atoms. The van der Waals surface area contributed by atoms with Crippen LogP contribution >= 0.6 is 11.8 Å². The zero-order chi connectivity index (χ0) is 18.9. The van der Waals surface area contributed by atoms with Crippen molar-refractivity contribution in [2.75, 3.05) is 5.32 Å². The highest BCUT2D eigenvalue weighted by Crippen LogP contribution is 2.28. The molecule has 0 aliphatic carbocycles. The summed E-state index contributed by atoms with van der Waals surface area (Å²) in [6, 6.07) is 9.59. The minimum atomic E-state index is -0.335. The highest BCUT2D eigenvalue weighted by Gasteiger charge is 2.21. The molecule has 1 N–H and O–H groups in total. The Balaban J connectivity index is 2.15. The van der Waals surface area contributed by atoms with Crippen LogP contribution in [0.4, 0.5) is 5.82 Å². The number of nitriles is 1. The molecule has 0 radical (unpaired) electrons. The fourth-order valence-electron chi connectivity index (χ4n) is 2.42. The van der Waals surface area contributed by atoms with Crippen LogP contribution in [0.2, 0.25) is 0 Å². The van der Waals surface area contributed by atoms with E-state index in [0.717, 1.165) is 30.5 Å². The van der Waals surface area contributed by atoms with Gasteiger partial charge in [0.15, 0.2) is 0 Å². The van der Waals surface area contributed by atoms with Crippen LogP contribution < -0.4 is 5.32 Å². The lowest BCUT2D eigenvalue weighted by atomic mass is 10.2. The van der Waals surface area contributed by atoms with Crippen LogP contribution in [-0.2, 0) is 11.2 Å². The maximum absolute atomic E-state index is 12.6. The van der Waals surface area contributed by atoms with Crippen LogP contribution in [-0.4, -0.2) is 21.1 Å².